The molecule has 4 heteroatoms. The first-order valence-electron chi connectivity index (χ1n) is 9.00. The maximum atomic E-state index is 13.7. The van der Waals surface area contributed by atoms with E-state index < -0.39 is 11.4 Å². The molecule has 1 N–H and O–H groups in total. The minimum absolute atomic E-state index is 0.0164. The van der Waals surface area contributed by atoms with Crippen LogP contribution in [0.1, 0.15) is 30.4 Å². The summed E-state index contributed by atoms with van der Waals surface area (Å²) in [6, 6.07) is 14.6. The predicted molar refractivity (Wildman–Crippen MR) is 106 cm³/mol. The maximum absolute atomic E-state index is 13.7. The van der Waals surface area contributed by atoms with E-state index >= 15 is 0 Å². The van der Waals surface area contributed by atoms with Crippen LogP contribution in [0.5, 0.6) is 0 Å². The van der Waals surface area contributed by atoms with Gasteiger partial charge < -0.3 is 10.0 Å². The monoisotopic (exact) mass is 373 g/mol. The zero-order valence-corrected chi connectivity index (χ0v) is 16.0. The van der Waals surface area contributed by atoms with E-state index in [0.29, 0.717) is 5.56 Å². The molecule has 2 aromatic carbocycles. The van der Waals surface area contributed by atoms with Crippen LogP contribution in [0.2, 0.25) is 5.02 Å². The van der Waals surface area contributed by atoms with E-state index in [1.165, 1.54) is 6.07 Å². The minimum atomic E-state index is -1.16. The second-order valence-electron chi connectivity index (χ2n) is 7.33. The Hall–Kier alpha value is -1.68. The van der Waals surface area contributed by atoms with Gasteiger partial charge in [0.25, 0.3) is 0 Å². The molecule has 0 saturated heterocycles. The summed E-state index contributed by atoms with van der Waals surface area (Å²) in [5.41, 5.74) is 1.53. The molecule has 1 aliphatic rings. The van der Waals surface area contributed by atoms with E-state index in [0.717, 1.165) is 36.9 Å². The third-order valence-electron chi connectivity index (χ3n) is 5.16. The molecule has 2 aromatic rings. The van der Waals surface area contributed by atoms with E-state index in [4.69, 9.17) is 11.6 Å². The van der Waals surface area contributed by atoms with Crippen molar-refractivity contribution in [1.82, 2.24) is 4.90 Å². The van der Waals surface area contributed by atoms with Crippen molar-refractivity contribution in [2.45, 2.75) is 24.9 Å². The molecule has 138 valence electrons. The molecule has 2 atom stereocenters. The SMILES string of the molecule is CN(C)CC1CCCC(=Cc2ccccc2)C1(O)c1ccc(F)c(Cl)c1. The van der Waals surface area contributed by atoms with E-state index in [-0.39, 0.29) is 10.9 Å². The van der Waals surface area contributed by atoms with Crippen LogP contribution in [0.4, 0.5) is 4.39 Å². The fourth-order valence-electron chi connectivity index (χ4n) is 3.95. The van der Waals surface area contributed by atoms with E-state index in [1.807, 2.05) is 44.4 Å². The highest BCUT2D eigenvalue weighted by molar-refractivity contribution is 6.30. The van der Waals surface area contributed by atoms with E-state index in [1.54, 1.807) is 12.1 Å². The van der Waals surface area contributed by atoms with Crippen molar-refractivity contribution in [2.75, 3.05) is 20.6 Å². The third-order valence-corrected chi connectivity index (χ3v) is 5.45. The van der Waals surface area contributed by atoms with Crippen molar-refractivity contribution < 1.29 is 9.50 Å². The molecule has 0 amide bonds. The lowest BCUT2D eigenvalue weighted by Crippen LogP contribution is -2.44. The van der Waals surface area contributed by atoms with Crippen LogP contribution in [0.25, 0.3) is 6.08 Å². The summed E-state index contributed by atoms with van der Waals surface area (Å²) in [6.07, 6.45) is 4.81. The fraction of sp³-hybridized carbons (Fsp3) is 0.364. The molecule has 2 unspecified atom stereocenters. The summed E-state index contributed by atoms with van der Waals surface area (Å²) in [6.45, 7) is 0.748. The Labute approximate surface area is 159 Å². The number of hydrogen-bond donors (Lipinski definition) is 1. The summed E-state index contributed by atoms with van der Waals surface area (Å²) in [4.78, 5) is 2.09. The number of benzene rings is 2. The molecule has 0 bridgehead atoms. The van der Waals surface area contributed by atoms with Crippen LogP contribution in [-0.4, -0.2) is 30.6 Å². The van der Waals surface area contributed by atoms with Gasteiger partial charge in [0.15, 0.2) is 0 Å². The summed E-state index contributed by atoms with van der Waals surface area (Å²) in [5, 5.41) is 12.0. The van der Waals surface area contributed by atoms with E-state index in [9.17, 15) is 9.50 Å². The lowest BCUT2D eigenvalue weighted by molar-refractivity contribution is -0.0174. The summed E-state index contributed by atoms with van der Waals surface area (Å²) in [5.74, 6) is -0.449. The van der Waals surface area contributed by atoms with Gasteiger partial charge in [-0.3, -0.25) is 0 Å². The highest BCUT2D eigenvalue weighted by Gasteiger charge is 2.44. The number of aliphatic hydroxyl groups is 1. The second kappa shape index (κ2) is 7.91. The van der Waals surface area contributed by atoms with Gasteiger partial charge in [0.1, 0.15) is 11.4 Å². The summed E-state index contributed by atoms with van der Waals surface area (Å²) >= 11 is 6.04. The summed E-state index contributed by atoms with van der Waals surface area (Å²) in [7, 11) is 4.01. The number of hydrogen-bond acceptors (Lipinski definition) is 2. The maximum Gasteiger partial charge on any atom is 0.141 e. The lowest BCUT2D eigenvalue weighted by Gasteiger charge is -2.44. The first-order chi connectivity index (χ1) is 12.4. The topological polar surface area (TPSA) is 23.5 Å². The van der Waals surface area contributed by atoms with Crippen molar-refractivity contribution in [1.29, 1.82) is 0 Å². The van der Waals surface area contributed by atoms with Crippen molar-refractivity contribution in [3.05, 3.63) is 76.1 Å². The number of halogens is 2. The predicted octanol–water partition coefficient (Wildman–Crippen LogP) is 5.11. The Kier molecular flexibility index (Phi) is 5.81. The molecule has 0 heterocycles. The molecule has 0 aliphatic heterocycles. The Bertz CT molecular complexity index is 790. The molecule has 1 saturated carbocycles. The Morgan fingerprint density at radius 2 is 1.96 bits per heavy atom. The zero-order valence-electron chi connectivity index (χ0n) is 15.3. The van der Waals surface area contributed by atoms with Gasteiger partial charge in [-0.1, -0.05) is 54.1 Å². The first-order valence-corrected chi connectivity index (χ1v) is 9.37. The second-order valence-corrected chi connectivity index (χ2v) is 7.73. The Morgan fingerprint density at radius 1 is 1.23 bits per heavy atom. The molecule has 1 fully saturated rings. The van der Waals surface area contributed by atoms with Gasteiger partial charge in [-0.15, -0.1) is 0 Å². The van der Waals surface area contributed by atoms with Gasteiger partial charge in [0.05, 0.1) is 5.02 Å². The molecular formula is C22H25ClFNO. The minimum Gasteiger partial charge on any atom is -0.380 e. The van der Waals surface area contributed by atoms with Crippen LogP contribution in [-0.2, 0) is 5.60 Å². The smallest absolute Gasteiger partial charge is 0.141 e. The van der Waals surface area contributed by atoms with Gasteiger partial charge in [0, 0.05) is 12.5 Å². The fourth-order valence-corrected chi connectivity index (χ4v) is 4.13. The van der Waals surface area contributed by atoms with Gasteiger partial charge in [-0.05, 0) is 62.2 Å². The van der Waals surface area contributed by atoms with Crippen LogP contribution >= 0.6 is 11.6 Å². The van der Waals surface area contributed by atoms with Crippen molar-refractivity contribution in [2.24, 2.45) is 5.92 Å². The molecule has 0 spiro atoms. The molecule has 3 rings (SSSR count). The standard InChI is InChI=1S/C22H25ClFNO/c1-25(2)15-19-10-6-9-17(13-16-7-4-3-5-8-16)22(19,26)18-11-12-21(24)20(23)14-18/h3-5,7-8,11-14,19,26H,6,9-10,15H2,1-2H3. The van der Waals surface area contributed by atoms with Crippen molar-refractivity contribution >= 4 is 17.7 Å². The van der Waals surface area contributed by atoms with Gasteiger partial charge >= 0.3 is 0 Å². The molecule has 0 radical (unpaired) electrons. The Balaban J connectivity index is 2.12. The van der Waals surface area contributed by atoms with Gasteiger partial charge in [0.2, 0.25) is 0 Å². The van der Waals surface area contributed by atoms with Gasteiger partial charge in [-0.2, -0.15) is 0 Å². The van der Waals surface area contributed by atoms with Crippen LogP contribution in [0.15, 0.2) is 54.1 Å². The lowest BCUT2D eigenvalue weighted by atomic mass is 9.67. The molecule has 2 nitrogen and oxygen atoms in total. The van der Waals surface area contributed by atoms with Crippen molar-refractivity contribution in [3.8, 4) is 0 Å². The highest BCUT2D eigenvalue weighted by atomic mass is 35.5. The molecule has 26 heavy (non-hydrogen) atoms. The molecule has 0 aromatic heterocycles. The normalized spacial score (nSPS) is 25.0. The zero-order chi connectivity index (χ0) is 18.7. The Morgan fingerprint density at radius 3 is 2.62 bits per heavy atom. The third kappa shape index (κ3) is 3.85. The largest absolute Gasteiger partial charge is 0.380 e. The van der Waals surface area contributed by atoms with Gasteiger partial charge in [-0.25, -0.2) is 4.39 Å². The quantitative estimate of drug-likeness (QED) is 0.804. The van der Waals surface area contributed by atoms with Crippen LogP contribution < -0.4 is 0 Å². The average molecular weight is 374 g/mol. The highest BCUT2D eigenvalue weighted by Crippen LogP contribution is 2.47. The van der Waals surface area contributed by atoms with Crippen molar-refractivity contribution in [3.63, 3.8) is 0 Å². The number of nitrogens with zero attached hydrogens (tertiary/aromatic N) is 1. The van der Waals surface area contributed by atoms with Crippen LogP contribution in [0, 0.1) is 11.7 Å². The number of rotatable bonds is 4. The summed E-state index contributed by atoms with van der Waals surface area (Å²) < 4.78 is 13.7. The average Bonchev–Trinajstić information content (AvgIpc) is 2.61. The first kappa shape index (κ1) is 19.1. The van der Waals surface area contributed by atoms with Crippen LogP contribution in [0.3, 0.4) is 0 Å². The molecular weight excluding hydrogens is 349 g/mol. The van der Waals surface area contributed by atoms with E-state index in [2.05, 4.69) is 11.0 Å². The molecule has 1 aliphatic carbocycles.